The van der Waals surface area contributed by atoms with Crippen molar-refractivity contribution in [3.8, 4) is 0 Å². The molecule has 1 atom stereocenters. The summed E-state index contributed by atoms with van der Waals surface area (Å²) in [5.41, 5.74) is 6.03. The van der Waals surface area contributed by atoms with E-state index in [1.807, 2.05) is 0 Å². The first-order chi connectivity index (χ1) is 12.3. The normalized spacial score (nSPS) is 11.7. The number of aliphatic carboxylic acids is 1. The van der Waals surface area contributed by atoms with Crippen LogP contribution in [-0.4, -0.2) is 51.9 Å². The average molecular weight is 363 g/mol. The summed E-state index contributed by atoms with van der Waals surface area (Å²) >= 11 is 0. The highest BCUT2D eigenvalue weighted by Gasteiger charge is 2.25. The molecule has 1 heterocycles. The van der Waals surface area contributed by atoms with Crippen molar-refractivity contribution in [1.29, 1.82) is 0 Å². The third kappa shape index (κ3) is 4.33. The Morgan fingerprint density at radius 2 is 2.08 bits per heavy atom. The molecule has 11 nitrogen and oxygen atoms in total. The number of carboxylic acids is 1. The lowest BCUT2D eigenvalue weighted by atomic mass is 10.0. The van der Waals surface area contributed by atoms with Crippen molar-refractivity contribution in [3.05, 3.63) is 40.1 Å². The number of carbonyl (C=O) groups excluding carboxylic acids is 2. The van der Waals surface area contributed by atoms with Crippen LogP contribution in [0.3, 0.4) is 0 Å². The van der Waals surface area contributed by atoms with Crippen molar-refractivity contribution < 1.29 is 24.4 Å². The monoisotopic (exact) mass is 363 g/mol. The van der Waals surface area contributed by atoms with Crippen LogP contribution in [0, 0.1) is 10.1 Å². The second-order valence-electron chi connectivity index (χ2n) is 5.41. The Hall–Kier alpha value is -3.47. The number of H-pyrrole nitrogens is 1. The van der Waals surface area contributed by atoms with Crippen LogP contribution >= 0.6 is 0 Å². The number of rotatable bonds is 8. The molecule has 0 saturated heterocycles. The van der Waals surface area contributed by atoms with E-state index in [2.05, 4.69) is 15.6 Å². The number of benzene rings is 1. The maximum atomic E-state index is 12.2. The largest absolute Gasteiger partial charge is 0.480 e. The third-order valence-corrected chi connectivity index (χ3v) is 3.64. The van der Waals surface area contributed by atoms with E-state index >= 15 is 0 Å². The Bertz CT molecular complexity index is 861. The second kappa shape index (κ2) is 8.07. The number of aromatic amines is 1. The summed E-state index contributed by atoms with van der Waals surface area (Å²) in [6.45, 7) is -0.987. The van der Waals surface area contributed by atoms with Gasteiger partial charge in [0.15, 0.2) is 0 Å². The lowest BCUT2D eigenvalue weighted by molar-refractivity contribution is -0.383. The number of nitrogens with one attached hydrogen (secondary N) is 3. The molecule has 0 fully saturated rings. The summed E-state index contributed by atoms with van der Waals surface area (Å²) in [6.07, 6.45) is 1.42. The summed E-state index contributed by atoms with van der Waals surface area (Å²) < 4.78 is 0. The molecule has 0 aliphatic carbocycles. The second-order valence-corrected chi connectivity index (χ2v) is 5.41. The lowest BCUT2D eigenvalue weighted by Crippen LogP contribution is -2.50. The van der Waals surface area contributed by atoms with E-state index in [9.17, 15) is 24.5 Å². The first-order valence-corrected chi connectivity index (χ1v) is 7.55. The zero-order valence-corrected chi connectivity index (χ0v) is 13.5. The fraction of sp³-hybridized carbons (Fsp3) is 0.267. The van der Waals surface area contributed by atoms with Crippen molar-refractivity contribution in [1.82, 2.24) is 15.6 Å². The van der Waals surface area contributed by atoms with Gasteiger partial charge in [-0.05, 0) is 11.6 Å². The molecule has 2 aromatic rings. The molecule has 0 saturated carbocycles. The first kappa shape index (κ1) is 18.9. The Labute approximate surface area is 146 Å². The number of nitro groups is 1. The van der Waals surface area contributed by atoms with Crippen LogP contribution in [0.25, 0.3) is 10.9 Å². The maximum Gasteiger partial charge on any atom is 0.322 e. The molecule has 0 aliphatic rings. The molecule has 0 spiro atoms. The minimum absolute atomic E-state index is 0.0813. The fourth-order valence-corrected chi connectivity index (χ4v) is 2.52. The van der Waals surface area contributed by atoms with Gasteiger partial charge >= 0.3 is 5.97 Å². The van der Waals surface area contributed by atoms with Gasteiger partial charge in [-0.15, -0.1) is 0 Å². The molecule has 1 aromatic heterocycles. The quantitative estimate of drug-likeness (QED) is 0.302. The van der Waals surface area contributed by atoms with Gasteiger partial charge in [0.05, 0.1) is 22.4 Å². The van der Waals surface area contributed by atoms with Gasteiger partial charge in [-0.1, -0.05) is 6.07 Å². The Kier molecular flexibility index (Phi) is 5.86. The van der Waals surface area contributed by atoms with E-state index in [0.717, 1.165) is 0 Å². The van der Waals surface area contributed by atoms with Crippen LogP contribution in [0.1, 0.15) is 5.56 Å². The average Bonchev–Trinajstić information content (AvgIpc) is 3.01. The van der Waals surface area contributed by atoms with Gasteiger partial charge in [0, 0.05) is 18.7 Å². The summed E-state index contributed by atoms with van der Waals surface area (Å²) in [5.74, 6) is -2.60. The Morgan fingerprint density at radius 1 is 1.35 bits per heavy atom. The molecule has 11 heteroatoms. The van der Waals surface area contributed by atoms with Crippen LogP contribution in [0.15, 0.2) is 24.4 Å². The summed E-state index contributed by atoms with van der Waals surface area (Å²) in [6, 6.07) is 3.36. The van der Waals surface area contributed by atoms with Crippen LogP contribution in [0.4, 0.5) is 5.69 Å². The molecule has 2 amide bonds. The Morgan fingerprint density at radius 3 is 2.69 bits per heavy atom. The van der Waals surface area contributed by atoms with Gasteiger partial charge in [0.25, 0.3) is 5.69 Å². The Balaban J connectivity index is 2.34. The highest BCUT2D eigenvalue weighted by Crippen LogP contribution is 2.29. The molecule has 6 N–H and O–H groups in total. The number of non-ortho nitro benzene ring substituents is 1. The number of nitrogens with zero attached hydrogens (tertiary/aromatic N) is 1. The minimum atomic E-state index is -1.25. The van der Waals surface area contributed by atoms with E-state index in [-0.39, 0.29) is 18.7 Å². The molecule has 0 bridgehead atoms. The number of nitro benzene ring substituents is 1. The highest BCUT2D eigenvalue weighted by atomic mass is 16.6. The predicted molar refractivity (Wildman–Crippen MR) is 90.3 cm³/mol. The summed E-state index contributed by atoms with van der Waals surface area (Å²) in [7, 11) is 0. The van der Waals surface area contributed by atoms with Gasteiger partial charge in [0.1, 0.15) is 12.6 Å². The van der Waals surface area contributed by atoms with Crippen molar-refractivity contribution in [2.75, 3.05) is 13.1 Å². The zero-order chi connectivity index (χ0) is 19.3. The van der Waals surface area contributed by atoms with Crippen molar-refractivity contribution in [2.45, 2.75) is 12.5 Å². The number of aromatic nitrogens is 1. The van der Waals surface area contributed by atoms with Gasteiger partial charge in [-0.3, -0.25) is 24.5 Å². The van der Waals surface area contributed by atoms with Gasteiger partial charge in [-0.2, -0.15) is 0 Å². The minimum Gasteiger partial charge on any atom is -0.480 e. The van der Waals surface area contributed by atoms with Gasteiger partial charge in [0.2, 0.25) is 11.8 Å². The third-order valence-electron chi connectivity index (χ3n) is 3.64. The molecule has 26 heavy (non-hydrogen) atoms. The maximum absolute atomic E-state index is 12.2. The molecule has 0 radical (unpaired) electrons. The van der Waals surface area contributed by atoms with E-state index in [1.54, 1.807) is 6.07 Å². The number of fused-ring (bicyclic) bond motifs is 1. The molecule has 0 aliphatic heterocycles. The van der Waals surface area contributed by atoms with E-state index in [4.69, 9.17) is 10.8 Å². The smallest absolute Gasteiger partial charge is 0.322 e. The first-order valence-electron chi connectivity index (χ1n) is 7.55. The summed E-state index contributed by atoms with van der Waals surface area (Å²) in [4.78, 5) is 48.0. The van der Waals surface area contributed by atoms with Crippen molar-refractivity contribution in [3.63, 3.8) is 0 Å². The van der Waals surface area contributed by atoms with Crippen molar-refractivity contribution in [2.24, 2.45) is 5.73 Å². The lowest BCUT2D eigenvalue weighted by Gasteiger charge is -2.17. The number of nitrogens with two attached hydrogens (primary N) is 1. The molecular formula is C15H17N5O6. The van der Waals surface area contributed by atoms with Crippen LogP contribution in [0.2, 0.25) is 0 Å². The number of carboxylic acid groups (broad SMARTS) is 1. The fourth-order valence-electron chi connectivity index (χ4n) is 2.52. The number of hydrogen-bond acceptors (Lipinski definition) is 6. The molecular weight excluding hydrogens is 346 g/mol. The molecule has 138 valence electrons. The van der Waals surface area contributed by atoms with E-state index in [0.29, 0.717) is 16.5 Å². The number of amides is 2. The number of carbonyl (C=O) groups is 3. The van der Waals surface area contributed by atoms with Crippen LogP contribution in [0.5, 0.6) is 0 Å². The van der Waals surface area contributed by atoms with Crippen molar-refractivity contribution >= 4 is 34.4 Å². The number of hydrogen-bond donors (Lipinski definition) is 5. The summed E-state index contributed by atoms with van der Waals surface area (Å²) in [5, 5.41) is 24.8. The SMILES string of the molecule is NCC(=O)N[C@@H](Cc1c[nH]c2cccc([N+](=O)[O-])c12)C(=O)NCC(=O)O. The van der Waals surface area contributed by atoms with Gasteiger partial charge in [-0.25, -0.2) is 0 Å². The topological polar surface area (TPSA) is 180 Å². The molecule has 2 rings (SSSR count). The molecule has 1 aromatic carbocycles. The van der Waals surface area contributed by atoms with Crippen LogP contribution in [-0.2, 0) is 20.8 Å². The van der Waals surface area contributed by atoms with E-state index in [1.165, 1.54) is 18.3 Å². The highest BCUT2D eigenvalue weighted by molar-refractivity contribution is 5.94. The van der Waals surface area contributed by atoms with E-state index < -0.39 is 35.3 Å². The standard InChI is InChI=1S/C15H17N5O6/c16-5-12(21)19-10(15(24)18-7-13(22)23)4-8-6-17-9-2-1-3-11(14(8)9)20(25)26/h1-3,6,10,17H,4-5,7,16H2,(H,18,24)(H,19,21)(H,22,23)/t10-/m0/s1. The molecule has 0 unspecified atom stereocenters. The predicted octanol–water partition coefficient (Wildman–Crippen LogP) is -0.737. The van der Waals surface area contributed by atoms with Gasteiger partial charge < -0.3 is 26.5 Å². The zero-order valence-electron chi connectivity index (χ0n) is 13.5. The van der Waals surface area contributed by atoms with Crippen LogP contribution < -0.4 is 16.4 Å².